The van der Waals surface area contributed by atoms with Gasteiger partial charge in [-0.15, -0.1) is 0 Å². The first-order chi connectivity index (χ1) is 9.13. The molecule has 0 atom stereocenters. The van der Waals surface area contributed by atoms with E-state index in [1.54, 1.807) is 12.4 Å². The number of pyridine rings is 1. The number of hydrogen-bond acceptors (Lipinski definition) is 2. The Hall–Kier alpha value is -2.10. The van der Waals surface area contributed by atoms with Crippen molar-refractivity contribution >= 4 is 5.78 Å². The molecule has 0 aliphatic carbocycles. The van der Waals surface area contributed by atoms with Crippen LogP contribution in [0.1, 0.15) is 17.5 Å². The Morgan fingerprint density at radius 1 is 1.11 bits per heavy atom. The van der Waals surface area contributed by atoms with Gasteiger partial charge in [-0.05, 0) is 35.7 Å². The van der Waals surface area contributed by atoms with E-state index in [4.69, 9.17) is 0 Å². The quantitative estimate of drug-likeness (QED) is 0.827. The zero-order chi connectivity index (χ0) is 13.7. The van der Waals surface area contributed by atoms with Crippen molar-refractivity contribution in [2.45, 2.75) is 19.3 Å². The number of Topliss-reactive ketones (excluding diaryl/α,β-unsaturated/α-hetero) is 1. The van der Waals surface area contributed by atoms with Gasteiger partial charge in [0.1, 0.15) is 17.4 Å². The lowest BCUT2D eigenvalue weighted by Gasteiger charge is -2.02. The highest BCUT2D eigenvalue weighted by Crippen LogP contribution is 2.10. The van der Waals surface area contributed by atoms with Gasteiger partial charge in [0, 0.05) is 31.3 Å². The van der Waals surface area contributed by atoms with E-state index >= 15 is 0 Å². The van der Waals surface area contributed by atoms with Crippen LogP contribution in [-0.2, 0) is 17.6 Å². The monoisotopic (exact) mass is 261 g/mol. The summed E-state index contributed by atoms with van der Waals surface area (Å²) in [6.45, 7) is 0. The van der Waals surface area contributed by atoms with Crippen molar-refractivity contribution in [3.63, 3.8) is 0 Å². The first kappa shape index (κ1) is 13.3. The summed E-state index contributed by atoms with van der Waals surface area (Å²) >= 11 is 0. The van der Waals surface area contributed by atoms with E-state index in [0.717, 1.165) is 11.6 Å². The van der Waals surface area contributed by atoms with Gasteiger partial charge in [0.05, 0.1) is 0 Å². The average Bonchev–Trinajstić information content (AvgIpc) is 2.36. The number of nitrogens with zero attached hydrogens (tertiary/aromatic N) is 1. The van der Waals surface area contributed by atoms with Crippen molar-refractivity contribution in [2.75, 3.05) is 0 Å². The average molecular weight is 261 g/mol. The smallest absolute Gasteiger partial charge is 0.137 e. The molecule has 0 spiro atoms. The maximum absolute atomic E-state index is 13.0. The lowest BCUT2D eigenvalue weighted by molar-refractivity contribution is -0.118. The van der Waals surface area contributed by atoms with Crippen molar-refractivity contribution in [3.05, 3.63) is 65.5 Å². The maximum Gasteiger partial charge on any atom is 0.137 e. The van der Waals surface area contributed by atoms with E-state index in [2.05, 4.69) is 4.98 Å². The predicted octanol–water partition coefficient (Wildman–Crippen LogP) is 3.10. The largest absolute Gasteiger partial charge is 0.299 e. The minimum Gasteiger partial charge on any atom is -0.299 e. The van der Waals surface area contributed by atoms with Crippen LogP contribution < -0.4 is 0 Å². The van der Waals surface area contributed by atoms with Crippen LogP contribution >= 0.6 is 0 Å². The fourth-order valence-corrected chi connectivity index (χ4v) is 1.86. The molecule has 0 amide bonds. The molecule has 2 nitrogen and oxygen atoms in total. The zero-order valence-corrected chi connectivity index (χ0v) is 10.3. The third-order valence-electron chi connectivity index (χ3n) is 2.74. The normalized spacial score (nSPS) is 10.4. The molecule has 2 rings (SSSR count). The van der Waals surface area contributed by atoms with Gasteiger partial charge < -0.3 is 0 Å². The number of rotatable bonds is 5. The number of aromatic nitrogens is 1. The van der Waals surface area contributed by atoms with Crippen molar-refractivity contribution in [2.24, 2.45) is 0 Å². The standard InChI is InChI=1S/C15H13F2NO/c16-13-6-12(7-14(17)9-13)8-15(19)4-3-11-2-1-5-18-10-11/h1-2,5-7,9-10H,3-4,8H2. The molecule has 0 unspecified atom stereocenters. The van der Waals surface area contributed by atoms with Gasteiger partial charge in [-0.3, -0.25) is 9.78 Å². The van der Waals surface area contributed by atoms with Crippen LogP contribution in [0.4, 0.5) is 8.78 Å². The van der Waals surface area contributed by atoms with Gasteiger partial charge in [-0.2, -0.15) is 0 Å². The van der Waals surface area contributed by atoms with E-state index in [1.165, 1.54) is 12.1 Å². The minimum absolute atomic E-state index is 0.0474. The van der Waals surface area contributed by atoms with Crippen LogP contribution in [0.2, 0.25) is 0 Å². The summed E-state index contributed by atoms with van der Waals surface area (Å²) in [5.74, 6) is -1.36. The molecule has 1 aromatic carbocycles. The van der Waals surface area contributed by atoms with Gasteiger partial charge in [0.25, 0.3) is 0 Å². The summed E-state index contributed by atoms with van der Waals surface area (Å²) in [4.78, 5) is 15.7. The third kappa shape index (κ3) is 4.25. The highest BCUT2D eigenvalue weighted by Gasteiger charge is 2.07. The molecule has 0 radical (unpaired) electrons. The number of benzene rings is 1. The van der Waals surface area contributed by atoms with Crippen LogP contribution in [0.25, 0.3) is 0 Å². The van der Waals surface area contributed by atoms with E-state index in [9.17, 15) is 13.6 Å². The van der Waals surface area contributed by atoms with Gasteiger partial charge in [0.15, 0.2) is 0 Å². The number of halogens is 2. The van der Waals surface area contributed by atoms with E-state index in [0.29, 0.717) is 18.4 Å². The predicted molar refractivity (Wildman–Crippen MR) is 67.6 cm³/mol. The second-order valence-electron chi connectivity index (χ2n) is 4.35. The summed E-state index contributed by atoms with van der Waals surface area (Å²) < 4.78 is 25.9. The molecule has 19 heavy (non-hydrogen) atoms. The molecule has 98 valence electrons. The topological polar surface area (TPSA) is 30.0 Å². The van der Waals surface area contributed by atoms with Crippen molar-refractivity contribution in [1.29, 1.82) is 0 Å². The van der Waals surface area contributed by atoms with Crippen molar-refractivity contribution in [3.8, 4) is 0 Å². The first-order valence-electron chi connectivity index (χ1n) is 5.99. The molecule has 0 saturated carbocycles. The minimum atomic E-state index is -0.657. The Morgan fingerprint density at radius 3 is 2.47 bits per heavy atom. The number of carbonyl (C=O) groups excluding carboxylic acids is 1. The Bertz CT molecular complexity index is 549. The highest BCUT2D eigenvalue weighted by atomic mass is 19.1. The summed E-state index contributed by atoms with van der Waals surface area (Å²) in [5, 5.41) is 0. The fraction of sp³-hybridized carbons (Fsp3) is 0.200. The summed E-state index contributed by atoms with van der Waals surface area (Å²) in [6.07, 6.45) is 4.35. The van der Waals surface area contributed by atoms with Crippen LogP contribution in [0.15, 0.2) is 42.7 Å². The fourth-order valence-electron chi connectivity index (χ4n) is 1.86. The van der Waals surface area contributed by atoms with Crippen LogP contribution in [0.3, 0.4) is 0 Å². The van der Waals surface area contributed by atoms with Gasteiger partial charge >= 0.3 is 0 Å². The van der Waals surface area contributed by atoms with Gasteiger partial charge in [-0.1, -0.05) is 6.07 Å². The molecule has 2 aromatic rings. The molecule has 0 aliphatic heterocycles. The Balaban J connectivity index is 1.91. The van der Waals surface area contributed by atoms with Crippen LogP contribution in [0, 0.1) is 11.6 Å². The van der Waals surface area contributed by atoms with E-state index in [-0.39, 0.29) is 12.2 Å². The molecule has 0 N–H and O–H groups in total. The number of ketones is 1. The number of carbonyl (C=O) groups is 1. The Kier molecular flexibility index (Phi) is 4.34. The second-order valence-corrected chi connectivity index (χ2v) is 4.35. The van der Waals surface area contributed by atoms with E-state index in [1.807, 2.05) is 12.1 Å². The molecule has 0 fully saturated rings. The molecular formula is C15H13F2NO. The van der Waals surface area contributed by atoms with Crippen LogP contribution in [0.5, 0.6) is 0 Å². The number of aryl methyl sites for hydroxylation is 1. The molecule has 0 saturated heterocycles. The molecule has 1 heterocycles. The summed E-state index contributed by atoms with van der Waals surface area (Å²) in [7, 11) is 0. The lowest BCUT2D eigenvalue weighted by Crippen LogP contribution is -2.05. The lowest BCUT2D eigenvalue weighted by atomic mass is 10.0. The van der Waals surface area contributed by atoms with Crippen molar-refractivity contribution in [1.82, 2.24) is 4.98 Å². The zero-order valence-electron chi connectivity index (χ0n) is 10.3. The SMILES string of the molecule is O=C(CCc1cccnc1)Cc1cc(F)cc(F)c1. The van der Waals surface area contributed by atoms with Crippen LogP contribution in [-0.4, -0.2) is 10.8 Å². The molecule has 4 heteroatoms. The van der Waals surface area contributed by atoms with Crippen molar-refractivity contribution < 1.29 is 13.6 Å². The molecule has 1 aromatic heterocycles. The second kappa shape index (κ2) is 6.18. The maximum atomic E-state index is 13.0. The Labute approximate surface area is 110 Å². The number of hydrogen-bond donors (Lipinski definition) is 0. The summed E-state index contributed by atoms with van der Waals surface area (Å²) in [5.41, 5.74) is 1.34. The van der Waals surface area contributed by atoms with E-state index < -0.39 is 11.6 Å². The Morgan fingerprint density at radius 2 is 1.84 bits per heavy atom. The molecular weight excluding hydrogens is 248 g/mol. The van der Waals surface area contributed by atoms with Gasteiger partial charge in [-0.25, -0.2) is 8.78 Å². The summed E-state index contributed by atoms with van der Waals surface area (Å²) in [6, 6.07) is 6.86. The molecule has 0 aliphatic rings. The third-order valence-corrected chi connectivity index (χ3v) is 2.74. The first-order valence-corrected chi connectivity index (χ1v) is 5.99. The van der Waals surface area contributed by atoms with Gasteiger partial charge in [0.2, 0.25) is 0 Å². The molecule has 0 bridgehead atoms. The highest BCUT2D eigenvalue weighted by molar-refractivity contribution is 5.81.